The summed E-state index contributed by atoms with van der Waals surface area (Å²) < 4.78 is 33.0. The summed E-state index contributed by atoms with van der Waals surface area (Å²) in [6, 6.07) is 13.2. The molecule has 0 aliphatic carbocycles. The van der Waals surface area contributed by atoms with Gasteiger partial charge < -0.3 is 4.74 Å². The van der Waals surface area contributed by atoms with Crippen molar-refractivity contribution in [2.45, 2.75) is 33.3 Å². The summed E-state index contributed by atoms with van der Waals surface area (Å²) in [6.45, 7) is 4.59. The second-order valence-corrected chi connectivity index (χ2v) is 11.1. The Bertz CT molecular complexity index is 1820. The van der Waals surface area contributed by atoms with Crippen LogP contribution in [0.5, 0.6) is 0 Å². The first-order valence-electron chi connectivity index (χ1n) is 11.9. The normalized spacial score (nSPS) is 11.6. The fourth-order valence-corrected chi connectivity index (χ4v) is 5.07. The highest BCUT2D eigenvalue weighted by Gasteiger charge is 2.33. The predicted molar refractivity (Wildman–Crippen MR) is 145 cm³/mol. The standard InChI is InChI=1S/C26H27N5O7S/c1-16(2)19-14-23-21(13-20(19)22-11-12-27-28(22)4)24(33)30(25(34)29(23)17(3)32)31(39(5,36)37)26(35)38-15-18-9-7-6-8-10-18/h6-14,16H,15H2,1-5H3. The summed E-state index contributed by atoms with van der Waals surface area (Å²) in [7, 11) is -2.86. The summed E-state index contributed by atoms with van der Waals surface area (Å²) in [6.07, 6.45) is 0.737. The second-order valence-electron chi connectivity index (χ2n) is 9.25. The highest BCUT2D eigenvalue weighted by Crippen LogP contribution is 2.32. The zero-order valence-electron chi connectivity index (χ0n) is 22.0. The molecular formula is C26H27N5O7S. The highest BCUT2D eigenvalue weighted by atomic mass is 32.2. The number of rotatable bonds is 6. The van der Waals surface area contributed by atoms with E-state index in [0.717, 1.165) is 12.5 Å². The van der Waals surface area contributed by atoms with Gasteiger partial charge in [0.05, 0.1) is 22.9 Å². The molecule has 2 aromatic heterocycles. The minimum atomic E-state index is -4.58. The van der Waals surface area contributed by atoms with Crippen LogP contribution in [0.4, 0.5) is 4.79 Å². The third-order valence-corrected chi connectivity index (χ3v) is 7.04. The van der Waals surface area contributed by atoms with E-state index < -0.39 is 33.3 Å². The molecule has 0 spiro atoms. The number of aryl methyl sites for hydroxylation is 1. The summed E-state index contributed by atoms with van der Waals surface area (Å²) in [5.41, 5.74) is 0.0444. The van der Waals surface area contributed by atoms with Gasteiger partial charge in [-0.25, -0.2) is 22.6 Å². The molecule has 1 amide bonds. The Morgan fingerprint density at radius 1 is 1.08 bits per heavy atom. The largest absolute Gasteiger partial charge is 0.444 e. The summed E-state index contributed by atoms with van der Waals surface area (Å²) >= 11 is 0. The average molecular weight is 554 g/mol. The number of carbonyl (C=O) groups excluding carboxylic acids is 2. The smallest absolute Gasteiger partial charge is 0.443 e. The molecule has 0 aliphatic heterocycles. The van der Waals surface area contributed by atoms with Crippen LogP contribution in [-0.2, 0) is 28.4 Å². The van der Waals surface area contributed by atoms with Gasteiger partial charge in [-0.05, 0) is 35.2 Å². The molecule has 4 rings (SSSR count). The molecule has 0 bridgehead atoms. The van der Waals surface area contributed by atoms with Gasteiger partial charge in [-0.15, -0.1) is 4.68 Å². The first-order valence-corrected chi connectivity index (χ1v) is 13.7. The number of fused-ring (bicyclic) bond motifs is 1. The molecule has 4 aromatic rings. The Kier molecular flexibility index (Phi) is 7.29. The molecule has 0 atom stereocenters. The zero-order valence-corrected chi connectivity index (χ0v) is 22.8. The van der Waals surface area contributed by atoms with Crippen LogP contribution in [0.1, 0.15) is 42.6 Å². The third-order valence-electron chi connectivity index (χ3n) is 6.09. The zero-order chi connectivity index (χ0) is 28.6. The molecule has 0 aliphatic rings. The first kappa shape index (κ1) is 27.5. The number of amides is 1. The summed E-state index contributed by atoms with van der Waals surface area (Å²) in [4.78, 5) is 53.1. The molecule has 13 heteroatoms. The van der Waals surface area contributed by atoms with E-state index in [1.807, 2.05) is 13.8 Å². The van der Waals surface area contributed by atoms with Gasteiger partial charge in [0.2, 0.25) is 5.91 Å². The molecule has 204 valence electrons. The number of hydrogen-bond acceptors (Lipinski definition) is 8. The molecule has 0 radical (unpaired) electrons. The van der Waals surface area contributed by atoms with E-state index >= 15 is 0 Å². The highest BCUT2D eigenvalue weighted by molar-refractivity contribution is 7.92. The van der Waals surface area contributed by atoms with Crippen LogP contribution >= 0.6 is 0 Å². The number of aromatic nitrogens is 4. The van der Waals surface area contributed by atoms with Gasteiger partial charge in [0.15, 0.2) is 0 Å². The van der Waals surface area contributed by atoms with Gasteiger partial charge >= 0.3 is 11.8 Å². The Morgan fingerprint density at radius 2 is 1.74 bits per heavy atom. The molecular weight excluding hydrogens is 526 g/mol. The van der Waals surface area contributed by atoms with Crippen molar-refractivity contribution in [1.82, 2.24) is 19.0 Å². The van der Waals surface area contributed by atoms with Gasteiger partial charge in [0.1, 0.15) is 6.61 Å². The topological polar surface area (TPSA) is 143 Å². The molecule has 2 aromatic carbocycles. The van der Waals surface area contributed by atoms with Crippen molar-refractivity contribution in [3.63, 3.8) is 0 Å². The lowest BCUT2D eigenvalue weighted by Crippen LogP contribution is -2.57. The molecule has 2 heterocycles. The van der Waals surface area contributed by atoms with Crippen molar-refractivity contribution in [3.05, 3.63) is 86.7 Å². The van der Waals surface area contributed by atoms with Crippen LogP contribution in [0.25, 0.3) is 22.2 Å². The van der Waals surface area contributed by atoms with E-state index in [1.54, 1.807) is 60.4 Å². The first-order chi connectivity index (χ1) is 18.3. The minimum Gasteiger partial charge on any atom is -0.443 e. The van der Waals surface area contributed by atoms with Crippen LogP contribution in [0.2, 0.25) is 0 Å². The quantitative estimate of drug-likeness (QED) is 0.355. The SMILES string of the molecule is CC(=O)n1c(=O)n(N(C(=O)OCc2ccccc2)S(C)(=O)=O)c(=O)c2cc(-c3ccnn3C)c(C(C)C)cc21. The number of benzene rings is 2. The van der Waals surface area contributed by atoms with Crippen molar-refractivity contribution in [1.29, 1.82) is 0 Å². The molecule has 0 saturated carbocycles. The molecule has 0 unspecified atom stereocenters. The van der Waals surface area contributed by atoms with Crippen LogP contribution in [0.3, 0.4) is 0 Å². The molecule has 0 fully saturated rings. The third kappa shape index (κ3) is 5.12. The fraction of sp³-hybridized carbons (Fsp3) is 0.269. The summed E-state index contributed by atoms with van der Waals surface area (Å²) in [5, 5.41) is 4.02. The maximum atomic E-state index is 13.8. The number of carbonyl (C=O) groups is 2. The molecule has 0 N–H and O–H groups in total. The van der Waals surface area contributed by atoms with Gasteiger partial charge in [-0.2, -0.15) is 5.10 Å². The fourth-order valence-electron chi connectivity index (χ4n) is 4.30. The van der Waals surface area contributed by atoms with Crippen LogP contribution in [-0.4, -0.2) is 45.7 Å². The van der Waals surface area contributed by atoms with E-state index in [2.05, 4.69) is 5.10 Å². The maximum Gasteiger partial charge on any atom is 0.444 e. The number of nitrogens with zero attached hydrogens (tertiary/aromatic N) is 5. The monoisotopic (exact) mass is 553 g/mol. The number of sulfonamides is 1. The predicted octanol–water partition coefficient (Wildman–Crippen LogP) is 2.58. The van der Waals surface area contributed by atoms with Gasteiger partial charge in [0.25, 0.3) is 15.6 Å². The Morgan fingerprint density at radius 3 is 2.28 bits per heavy atom. The Labute approximate surface area is 223 Å². The van der Waals surface area contributed by atoms with Crippen LogP contribution in [0, 0.1) is 0 Å². The van der Waals surface area contributed by atoms with Crippen molar-refractivity contribution >= 4 is 32.9 Å². The lowest BCUT2D eigenvalue weighted by molar-refractivity contribution is 0.0933. The van der Waals surface area contributed by atoms with Crippen LogP contribution in [0.15, 0.2) is 64.3 Å². The van der Waals surface area contributed by atoms with Gasteiger partial charge in [0, 0.05) is 25.7 Å². The van der Waals surface area contributed by atoms with Crippen molar-refractivity contribution in [3.8, 4) is 11.3 Å². The van der Waals surface area contributed by atoms with Gasteiger partial charge in [-0.3, -0.25) is 14.3 Å². The summed E-state index contributed by atoms with van der Waals surface area (Å²) in [5.74, 6) is -0.870. The lowest BCUT2D eigenvalue weighted by Gasteiger charge is -2.23. The van der Waals surface area contributed by atoms with E-state index in [4.69, 9.17) is 4.74 Å². The van der Waals surface area contributed by atoms with E-state index in [1.165, 1.54) is 6.07 Å². The number of hydrogen-bond donors (Lipinski definition) is 0. The van der Waals surface area contributed by atoms with Crippen LogP contribution < -0.4 is 15.7 Å². The Balaban J connectivity index is 2.02. The van der Waals surface area contributed by atoms with Crippen molar-refractivity contribution in [2.24, 2.45) is 7.05 Å². The molecule has 0 saturated heterocycles. The van der Waals surface area contributed by atoms with Gasteiger partial charge in [-0.1, -0.05) is 48.6 Å². The molecule has 12 nitrogen and oxygen atoms in total. The van der Waals surface area contributed by atoms with Crippen molar-refractivity contribution < 1.29 is 22.7 Å². The van der Waals surface area contributed by atoms with E-state index in [0.29, 0.717) is 27.6 Å². The maximum absolute atomic E-state index is 13.8. The van der Waals surface area contributed by atoms with Crippen molar-refractivity contribution in [2.75, 3.05) is 10.7 Å². The second kappa shape index (κ2) is 10.3. The minimum absolute atomic E-state index is 0.0190. The Hall–Kier alpha value is -4.52. The number of ether oxygens (including phenoxy) is 1. The van der Waals surface area contributed by atoms with E-state index in [-0.39, 0.29) is 32.5 Å². The molecule has 39 heavy (non-hydrogen) atoms. The average Bonchev–Trinajstić information content (AvgIpc) is 3.29. The lowest BCUT2D eigenvalue weighted by atomic mass is 9.93. The van der Waals surface area contributed by atoms with E-state index in [9.17, 15) is 27.6 Å².